The largest absolute Gasteiger partial charge is 0.0760 e. The van der Waals surface area contributed by atoms with Gasteiger partial charge in [-0.05, 0) is 115 Å². The quantitative estimate of drug-likeness (QED) is 0.437. The van der Waals surface area contributed by atoms with Crippen LogP contribution in [0.25, 0.3) is 5.57 Å². The second-order valence-electron chi connectivity index (χ2n) is 12.0. The maximum Gasteiger partial charge on any atom is -0.00821 e. The molecule has 0 amide bonds. The molecule has 0 N–H and O–H groups in total. The minimum atomic E-state index is 0.797. The highest BCUT2D eigenvalue weighted by atomic mass is 14.6. The van der Waals surface area contributed by atoms with Crippen LogP contribution in [0.3, 0.4) is 0 Å². The Hall–Kier alpha value is -1.82. The number of rotatable bonds is 6. The van der Waals surface area contributed by atoms with E-state index in [4.69, 9.17) is 0 Å². The number of hydrogen-bond donors (Lipinski definition) is 0. The summed E-state index contributed by atoms with van der Waals surface area (Å²) >= 11 is 0. The van der Waals surface area contributed by atoms with Crippen LogP contribution in [0.2, 0.25) is 0 Å². The van der Waals surface area contributed by atoms with Crippen molar-refractivity contribution in [2.75, 3.05) is 0 Å². The summed E-state index contributed by atoms with van der Waals surface area (Å²) in [5.41, 5.74) is 11.4. The van der Waals surface area contributed by atoms with E-state index in [1.54, 1.807) is 27.8 Å². The summed E-state index contributed by atoms with van der Waals surface area (Å²) in [7, 11) is 0. The van der Waals surface area contributed by atoms with Gasteiger partial charge in [0.25, 0.3) is 0 Å². The monoisotopic (exact) mass is 422 g/mol. The lowest BCUT2D eigenvalue weighted by molar-refractivity contribution is -0.00434. The minimum absolute atomic E-state index is 0.797. The zero-order chi connectivity index (χ0) is 21.4. The van der Waals surface area contributed by atoms with Crippen molar-refractivity contribution in [3.05, 3.63) is 75.9 Å². The van der Waals surface area contributed by atoms with Crippen LogP contribution in [0.1, 0.15) is 109 Å². The molecule has 1 unspecified atom stereocenters. The average molecular weight is 423 g/mol. The lowest BCUT2D eigenvalue weighted by atomic mass is 9.44. The van der Waals surface area contributed by atoms with Crippen molar-refractivity contribution in [2.24, 2.45) is 23.7 Å². The first-order valence-electron chi connectivity index (χ1n) is 13.6. The Morgan fingerprint density at radius 1 is 0.625 bits per heavy atom. The molecule has 7 rings (SSSR count). The Morgan fingerprint density at radius 3 is 1.78 bits per heavy atom. The number of aryl methyl sites for hydroxylation is 2. The van der Waals surface area contributed by atoms with Crippen molar-refractivity contribution in [1.82, 2.24) is 0 Å². The highest BCUT2D eigenvalue weighted by molar-refractivity contribution is 5.80. The predicted molar refractivity (Wildman–Crippen MR) is 134 cm³/mol. The lowest BCUT2D eigenvalue weighted by Crippen LogP contribution is -2.50. The van der Waals surface area contributed by atoms with Crippen LogP contribution >= 0.6 is 0 Å². The summed E-state index contributed by atoms with van der Waals surface area (Å²) in [6.45, 7) is 4.58. The van der Waals surface area contributed by atoms with E-state index >= 15 is 0 Å². The molecule has 0 bridgehead atoms. The van der Waals surface area contributed by atoms with Crippen molar-refractivity contribution in [3.8, 4) is 0 Å². The van der Waals surface area contributed by atoms with Crippen LogP contribution in [0.5, 0.6) is 0 Å². The fourth-order valence-corrected chi connectivity index (χ4v) is 7.70. The fourth-order valence-electron chi connectivity index (χ4n) is 7.70. The molecule has 4 fully saturated rings. The zero-order valence-corrected chi connectivity index (χ0v) is 19.9. The van der Waals surface area contributed by atoms with Crippen LogP contribution in [-0.4, -0.2) is 0 Å². The van der Waals surface area contributed by atoms with Gasteiger partial charge in [-0.3, -0.25) is 0 Å². The first-order valence-corrected chi connectivity index (χ1v) is 13.6. The second kappa shape index (κ2) is 7.34. The molecule has 2 aromatic carbocycles. The third kappa shape index (κ3) is 3.08. The predicted octanol–water partition coefficient (Wildman–Crippen LogP) is 8.68. The zero-order valence-electron chi connectivity index (χ0n) is 19.9. The molecule has 0 heteroatoms. The molecule has 0 nitrogen and oxygen atoms in total. The third-order valence-electron chi connectivity index (χ3n) is 9.99. The highest BCUT2D eigenvalue weighted by Crippen LogP contribution is 2.70. The second-order valence-corrected chi connectivity index (χ2v) is 12.0. The van der Waals surface area contributed by atoms with Gasteiger partial charge in [-0.2, -0.15) is 0 Å². The normalized spacial score (nSPS) is 32.0. The molecular formula is C32H38. The smallest absolute Gasteiger partial charge is 0.00821 e. The Kier molecular flexibility index (Phi) is 4.50. The molecule has 5 aliphatic rings. The van der Waals surface area contributed by atoms with E-state index in [1.165, 1.54) is 68.9 Å². The molecule has 0 aliphatic heterocycles. The van der Waals surface area contributed by atoms with Gasteiger partial charge in [-0.25, -0.2) is 0 Å². The number of allylic oxidation sites excluding steroid dienone is 2. The highest BCUT2D eigenvalue weighted by Gasteiger charge is 2.60. The molecule has 0 saturated heterocycles. The third-order valence-corrected chi connectivity index (χ3v) is 9.99. The first kappa shape index (κ1) is 19.6. The standard InChI is InChI=1S/C32H38/c1-19-9-15-25(27(17-19)21-5-3-6-21)31-29(23-7-4-8-23)32(30(31)24-13-14-24)26-16-10-20(2)18-28(26)22-11-12-22/h9-11,15-18,21,23-24,29-32H,3-8,12-14H2,1-2H3/t29-,30+,31?,32-/m1/s1. The molecule has 4 atom stereocenters. The Morgan fingerprint density at radius 2 is 1.22 bits per heavy atom. The van der Waals surface area contributed by atoms with Crippen molar-refractivity contribution < 1.29 is 0 Å². The summed E-state index contributed by atoms with van der Waals surface area (Å²) in [5.74, 6) is 6.14. The molecule has 5 aliphatic carbocycles. The van der Waals surface area contributed by atoms with Crippen molar-refractivity contribution in [2.45, 2.75) is 89.4 Å². The van der Waals surface area contributed by atoms with Gasteiger partial charge >= 0.3 is 0 Å². The van der Waals surface area contributed by atoms with E-state index in [2.05, 4.69) is 56.3 Å². The molecule has 0 heterocycles. The van der Waals surface area contributed by atoms with Gasteiger partial charge in [-0.1, -0.05) is 79.3 Å². The molecule has 2 aromatic rings. The van der Waals surface area contributed by atoms with Gasteiger partial charge in [0.15, 0.2) is 0 Å². The van der Waals surface area contributed by atoms with Crippen LogP contribution in [0.15, 0.2) is 42.5 Å². The van der Waals surface area contributed by atoms with E-state index in [1.807, 2.05) is 0 Å². The van der Waals surface area contributed by atoms with Crippen LogP contribution in [0.4, 0.5) is 0 Å². The molecule has 0 aromatic heterocycles. The van der Waals surface area contributed by atoms with Crippen LogP contribution in [0, 0.1) is 37.5 Å². The van der Waals surface area contributed by atoms with Crippen molar-refractivity contribution in [3.63, 3.8) is 0 Å². The topological polar surface area (TPSA) is 0 Å². The number of benzene rings is 2. The van der Waals surface area contributed by atoms with Crippen LogP contribution in [-0.2, 0) is 0 Å². The summed E-state index contributed by atoms with van der Waals surface area (Å²) in [6, 6.07) is 15.1. The molecule has 166 valence electrons. The molecule has 32 heavy (non-hydrogen) atoms. The average Bonchev–Trinajstić information content (AvgIpc) is 3.58. The van der Waals surface area contributed by atoms with Gasteiger partial charge in [0.05, 0.1) is 0 Å². The lowest BCUT2D eigenvalue weighted by Gasteiger charge is -2.59. The minimum Gasteiger partial charge on any atom is -0.0760 e. The first-order chi connectivity index (χ1) is 15.7. The van der Waals surface area contributed by atoms with E-state index in [0.717, 1.165) is 41.4 Å². The van der Waals surface area contributed by atoms with Gasteiger partial charge in [-0.15, -0.1) is 0 Å². The maximum absolute atomic E-state index is 2.59. The Balaban J connectivity index is 1.34. The van der Waals surface area contributed by atoms with E-state index in [9.17, 15) is 0 Å². The van der Waals surface area contributed by atoms with Crippen molar-refractivity contribution >= 4 is 5.57 Å². The molecule has 0 spiro atoms. The number of hydrogen-bond acceptors (Lipinski definition) is 0. The molecular weight excluding hydrogens is 384 g/mol. The van der Waals surface area contributed by atoms with Gasteiger partial charge < -0.3 is 0 Å². The summed E-state index contributed by atoms with van der Waals surface area (Å²) < 4.78 is 0. The van der Waals surface area contributed by atoms with E-state index < -0.39 is 0 Å². The van der Waals surface area contributed by atoms with Crippen LogP contribution < -0.4 is 0 Å². The van der Waals surface area contributed by atoms with Gasteiger partial charge in [0.2, 0.25) is 0 Å². The molecule has 0 radical (unpaired) electrons. The maximum atomic E-state index is 2.59. The van der Waals surface area contributed by atoms with E-state index in [0.29, 0.717) is 0 Å². The van der Waals surface area contributed by atoms with Gasteiger partial charge in [0.1, 0.15) is 0 Å². The van der Waals surface area contributed by atoms with E-state index in [-0.39, 0.29) is 0 Å². The van der Waals surface area contributed by atoms with Gasteiger partial charge in [0, 0.05) is 0 Å². The molecule has 4 saturated carbocycles. The Bertz CT molecular complexity index is 1080. The summed E-state index contributed by atoms with van der Waals surface area (Å²) in [4.78, 5) is 0. The Labute approximate surface area is 194 Å². The summed E-state index contributed by atoms with van der Waals surface area (Å²) in [5, 5.41) is 0. The fraction of sp³-hybridized carbons (Fsp3) is 0.562. The SMILES string of the molecule is Cc1ccc([C@@H]2[C@H](C3CCC3)C(c3ccc(C)cc3C3CCC3)[C@@H]2C2CC2)c(C2=CC2)c1. The summed E-state index contributed by atoms with van der Waals surface area (Å²) in [6.07, 6.45) is 15.3. The van der Waals surface area contributed by atoms with Crippen molar-refractivity contribution in [1.29, 1.82) is 0 Å².